The number of hydrogen-bond donors (Lipinski definition) is 1. The molecule has 0 bridgehead atoms. The van der Waals surface area contributed by atoms with Gasteiger partial charge in [-0.15, -0.1) is 0 Å². The van der Waals surface area contributed by atoms with Gasteiger partial charge in [0, 0.05) is 11.7 Å². The maximum atomic E-state index is 8.74. The maximum Gasteiger partial charge on any atom is 0.127 e. The summed E-state index contributed by atoms with van der Waals surface area (Å²) >= 11 is 0. The molecule has 0 saturated heterocycles. The summed E-state index contributed by atoms with van der Waals surface area (Å²) in [5.74, 6) is 1.62. The first-order chi connectivity index (χ1) is 9.81. The summed E-state index contributed by atoms with van der Waals surface area (Å²) in [4.78, 5) is 0. The number of benzene rings is 2. The molecule has 1 unspecified atom stereocenters. The van der Waals surface area contributed by atoms with Gasteiger partial charge in [-0.05, 0) is 42.8 Å². The number of hydrogen-bond acceptors (Lipinski definition) is 3. The lowest BCUT2D eigenvalue weighted by atomic mass is 10.1. The average Bonchev–Trinajstić information content (AvgIpc) is 2.50. The molecule has 0 spiro atoms. The van der Waals surface area contributed by atoms with Crippen molar-refractivity contribution in [2.24, 2.45) is 0 Å². The summed E-state index contributed by atoms with van der Waals surface area (Å²) in [6, 6.07) is 19.9. The van der Waals surface area contributed by atoms with Gasteiger partial charge in [-0.2, -0.15) is 5.26 Å². The molecule has 2 aromatic carbocycles. The van der Waals surface area contributed by atoms with Gasteiger partial charge in [0.05, 0.1) is 12.5 Å². The molecule has 3 nitrogen and oxygen atoms in total. The highest BCUT2D eigenvalue weighted by atomic mass is 16.5. The summed E-state index contributed by atoms with van der Waals surface area (Å²) in [5.41, 5.74) is 1.01. The van der Waals surface area contributed by atoms with Crippen LogP contribution in [0.25, 0.3) is 0 Å². The van der Waals surface area contributed by atoms with Crippen LogP contribution in [0.5, 0.6) is 11.5 Å². The molecule has 1 atom stereocenters. The van der Waals surface area contributed by atoms with E-state index in [1.54, 1.807) is 0 Å². The van der Waals surface area contributed by atoms with Crippen molar-refractivity contribution in [1.82, 2.24) is 0 Å². The second-order valence-corrected chi connectivity index (χ2v) is 4.55. The third-order valence-electron chi connectivity index (χ3n) is 3.03. The van der Waals surface area contributed by atoms with Crippen LogP contribution in [0.2, 0.25) is 0 Å². The topological polar surface area (TPSA) is 45.0 Å². The Morgan fingerprint density at radius 1 is 1.05 bits per heavy atom. The van der Waals surface area contributed by atoms with Crippen molar-refractivity contribution in [2.45, 2.75) is 25.8 Å². The lowest BCUT2D eigenvalue weighted by Gasteiger charge is -2.15. The molecule has 0 aliphatic rings. The molecule has 0 fully saturated rings. The lowest BCUT2D eigenvalue weighted by Crippen LogP contribution is -2.17. The largest absolute Gasteiger partial charge is 0.457 e. The van der Waals surface area contributed by atoms with Crippen LogP contribution in [0.3, 0.4) is 0 Å². The SMILES string of the molecule is CCC(CC#N)Nc1ccc(Oc2ccccc2)cc1. The molecule has 0 heterocycles. The Morgan fingerprint density at radius 3 is 2.30 bits per heavy atom. The minimum atomic E-state index is 0.195. The molecule has 3 heteroatoms. The fraction of sp³-hybridized carbons (Fsp3) is 0.235. The summed E-state index contributed by atoms with van der Waals surface area (Å²) < 4.78 is 5.73. The van der Waals surface area contributed by atoms with E-state index in [9.17, 15) is 0 Å². The lowest BCUT2D eigenvalue weighted by molar-refractivity contribution is 0.483. The molecule has 0 radical (unpaired) electrons. The van der Waals surface area contributed by atoms with E-state index in [1.165, 1.54) is 0 Å². The van der Waals surface area contributed by atoms with Crippen molar-refractivity contribution in [3.63, 3.8) is 0 Å². The molecule has 1 N–H and O–H groups in total. The maximum absolute atomic E-state index is 8.74. The van der Waals surface area contributed by atoms with Gasteiger partial charge < -0.3 is 10.1 Å². The smallest absolute Gasteiger partial charge is 0.127 e. The van der Waals surface area contributed by atoms with Crippen LogP contribution in [-0.2, 0) is 0 Å². The third kappa shape index (κ3) is 4.03. The highest BCUT2D eigenvalue weighted by Gasteiger charge is 2.05. The van der Waals surface area contributed by atoms with Crippen molar-refractivity contribution in [1.29, 1.82) is 5.26 Å². The van der Waals surface area contributed by atoms with E-state index >= 15 is 0 Å². The Hall–Kier alpha value is -2.47. The normalized spacial score (nSPS) is 11.4. The van der Waals surface area contributed by atoms with Gasteiger partial charge in [-0.3, -0.25) is 0 Å². The van der Waals surface area contributed by atoms with Crippen molar-refractivity contribution in [2.75, 3.05) is 5.32 Å². The number of ether oxygens (including phenoxy) is 1. The quantitative estimate of drug-likeness (QED) is 0.832. The summed E-state index contributed by atoms with van der Waals surface area (Å²) in [6.45, 7) is 2.07. The molecular formula is C17H18N2O. The molecule has 2 rings (SSSR count). The van der Waals surface area contributed by atoms with E-state index in [0.717, 1.165) is 23.6 Å². The fourth-order valence-corrected chi connectivity index (χ4v) is 1.89. The van der Waals surface area contributed by atoms with Crippen LogP contribution in [-0.4, -0.2) is 6.04 Å². The molecule has 0 amide bonds. The summed E-state index contributed by atoms with van der Waals surface area (Å²) in [7, 11) is 0. The Morgan fingerprint density at radius 2 is 1.70 bits per heavy atom. The average molecular weight is 266 g/mol. The molecular weight excluding hydrogens is 248 g/mol. The molecule has 0 saturated carbocycles. The Labute approximate surface area is 119 Å². The number of nitrogens with zero attached hydrogens (tertiary/aromatic N) is 1. The zero-order valence-electron chi connectivity index (χ0n) is 11.5. The van der Waals surface area contributed by atoms with Gasteiger partial charge >= 0.3 is 0 Å². The van der Waals surface area contributed by atoms with Crippen LogP contribution in [0.15, 0.2) is 54.6 Å². The molecule has 0 aliphatic heterocycles. The number of nitrogens with one attached hydrogen (secondary N) is 1. The molecule has 0 aliphatic carbocycles. The van der Waals surface area contributed by atoms with Crippen LogP contribution in [0.4, 0.5) is 5.69 Å². The van der Waals surface area contributed by atoms with E-state index in [0.29, 0.717) is 6.42 Å². The Balaban J connectivity index is 1.98. The Bertz CT molecular complexity index is 558. The third-order valence-corrected chi connectivity index (χ3v) is 3.03. The predicted molar refractivity (Wildman–Crippen MR) is 80.9 cm³/mol. The van der Waals surface area contributed by atoms with Gasteiger partial charge in [-0.1, -0.05) is 25.1 Å². The summed E-state index contributed by atoms with van der Waals surface area (Å²) in [5, 5.41) is 12.1. The molecule has 102 valence electrons. The molecule has 0 aromatic heterocycles. The van der Waals surface area contributed by atoms with Crippen molar-refractivity contribution in [3.05, 3.63) is 54.6 Å². The van der Waals surface area contributed by atoms with E-state index in [1.807, 2.05) is 54.6 Å². The number of anilines is 1. The molecule has 20 heavy (non-hydrogen) atoms. The fourth-order valence-electron chi connectivity index (χ4n) is 1.89. The second-order valence-electron chi connectivity index (χ2n) is 4.55. The monoisotopic (exact) mass is 266 g/mol. The van der Waals surface area contributed by atoms with Gasteiger partial charge in [-0.25, -0.2) is 0 Å². The summed E-state index contributed by atoms with van der Waals surface area (Å²) in [6.07, 6.45) is 1.44. The van der Waals surface area contributed by atoms with E-state index in [4.69, 9.17) is 10.00 Å². The van der Waals surface area contributed by atoms with Crippen molar-refractivity contribution < 1.29 is 4.74 Å². The van der Waals surface area contributed by atoms with Crippen LogP contribution in [0, 0.1) is 11.3 Å². The van der Waals surface area contributed by atoms with Gasteiger partial charge in [0.2, 0.25) is 0 Å². The van der Waals surface area contributed by atoms with Crippen LogP contribution < -0.4 is 10.1 Å². The first-order valence-corrected chi connectivity index (χ1v) is 6.78. The highest BCUT2D eigenvalue weighted by Crippen LogP contribution is 2.23. The first kappa shape index (κ1) is 14.0. The number of rotatable bonds is 6. The molecule has 2 aromatic rings. The van der Waals surface area contributed by atoms with Crippen LogP contribution >= 0.6 is 0 Å². The number of para-hydroxylation sites is 1. The number of nitriles is 1. The van der Waals surface area contributed by atoms with Crippen molar-refractivity contribution >= 4 is 5.69 Å². The standard InChI is InChI=1S/C17H18N2O/c1-2-14(12-13-18)19-15-8-10-17(11-9-15)20-16-6-4-3-5-7-16/h3-11,14,19H,2,12H2,1H3. The van der Waals surface area contributed by atoms with Gasteiger partial charge in [0.1, 0.15) is 11.5 Å². The minimum Gasteiger partial charge on any atom is -0.457 e. The zero-order valence-corrected chi connectivity index (χ0v) is 11.5. The predicted octanol–water partition coefficient (Wildman–Crippen LogP) is 4.58. The Kier molecular flexibility index (Phi) is 5.02. The van der Waals surface area contributed by atoms with Crippen LogP contribution in [0.1, 0.15) is 19.8 Å². The van der Waals surface area contributed by atoms with Gasteiger partial charge in [0.25, 0.3) is 0 Å². The second kappa shape index (κ2) is 7.20. The van der Waals surface area contributed by atoms with E-state index in [-0.39, 0.29) is 6.04 Å². The highest BCUT2D eigenvalue weighted by molar-refractivity contribution is 5.48. The van der Waals surface area contributed by atoms with E-state index < -0.39 is 0 Å². The zero-order chi connectivity index (χ0) is 14.2. The van der Waals surface area contributed by atoms with Crippen molar-refractivity contribution in [3.8, 4) is 17.6 Å². The van der Waals surface area contributed by atoms with Gasteiger partial charge in [0.15, 0.2) is 0 Å². The van der Waals surface area contributed by atoms with E-state index in [2.05, 4.69) is 18.3 Å². The minimum absolute atomic E-state index is 0.195. The first-order valence-electron chi connectivity index (χ1n) is 6.78.